The highest BCUT2D eigenvalue weighted by Gasteiger charge is 2.31. The minimum Gasteiger partial charge on any atom is -0.359 e. The zero-order valence-corrected chi connectivity index (χ0v) is 13.0. The maximum absolute atomic E-state index is 13.0. The number of alkyl halides is 3. The molecule has 0 atom stereocenters. The van der Waals surface area contributed by atoms with Crippen molar-refractivity contribution in [1.29, 1.82) is 0 Å². The van der Waals surface area contributed by atoms with E-state index < -0.39 is 17.3 Å². The molecule has 1 aliphatic rings. The molecule has 1 aliphatic heterocycles. The zero-order valence-electron chi connectivity index (χ0n) is 13.0. The Morgan fingerprint density at radius 2 is 2.08 bits per heavy atom. The highest BCUT2D eigenvalue weighted by Crippen LogP contribution is 2.33. The fourth-order valence-corrected chi connectivity index (χ4v) is 2.97. The molecule has 3 aromatic rings. The minimum atomic E-state index is -4.43. The lowest BCUT2D eigenvalue weighted by molar-refractivity contribution is -0.137. The Kier molecular flexibility index (Phi) is 3.21. The number of halogens is 3. The molecular weight excluding hydrogens is 335 g/mol. The van der Waals surface area contributed by atoms with Crippen LogP contribution in [-0.2, 0) is 12.7 Å². The third-order valence-electron chi connectivity index (χ3n) is 4.10. The van der Waals surface area contributed by atoms with Gasteiger partial charge in [0.2, 0.25) is 5.95 Å². The fraction of sp³-hybridized carbons (Fsp3) is 0.188. The second kappa shape index (κ2) is 5.20. The van der Waals surface area contributed by atoms with Crippen LogP contribution in [0.2, 0.25) is 0 Å². The van der Waals surface area contributed by atoms with Gasteiger partial charge in [0, 0.05) is 19.2 Å². The summed E-state index contributed by atoms with van der Waals surface area (Å²) in [6.45, 7) is 0.358. The summed E-state index contributed by atoms with van der Waals surface area (Å²) in [5.41, 5.74) is 0.199. The second-order valence-corrected chi connectivity index (χ2v) is 5.56. The first-order chi connectivity index (χ1) is 11.9. The lowest BCUT2D eigenvalue weighted by atomic mass is 10.1. The fourth-order valence-electron chi connectivity index (χ4n) is 2.97. The lowest BCUT2D eigenvalue weighted by Crippen LogP contribution is -2.22. The van der Waals surface area contributed by atoms with Crippen LogP contribution in [0, 0.1) is 0 Å². The molecule has 0 unspecified atom stereocenters. The molecular formula is C16H12F3N5O. The first-order valence-corrected chi connectivity index (χ1v) is 7.44. The summed E-state index contributed by atoms with van der Waals surface area (Å²) in [5, 5.41) is 7.35. The molecule has 0 bridgehead atoms. The number of hydrogen-bond donors (Lipinski definition) is 1. The molecule has 1 N–H and O–H groups in total. The van der Waals surface area contributed by atoms with Gasteiger partial charge in [0.05, 0.1) is 17.5 Å². The van der Waals surface area contributed by atoms with Gasteiger partial charge in [0.15, 0.2) is 5.65 Å². The van der Waals surface area contributed by atoms with Crippen molar-refractivity contribution in [1.82, 2.24) is 19.3 Å². The first kappa shape index (κ1) is 15.4. The predicted molar refractivity (Wildman–Crippen MR) is 86.2 cm³/mol. The van der Waals surface area contributed by atoms with Gasteiger partial charge in [-0.15, -0.1) is 0 Å². The van der Waals surface area contributed by atoms with E-state index in [1.165, 1.54) is 16.9 Å². The van der Waals surface area contributed by atoms with Crippen LogP contribution in [0.25, 0.3) is 16.7 Å². The maximum Gasteiger partial charge on any atom is 0.416 e. The molecule has 3 heterocycles. The molecule has 0 saturated carbocycles. The number of nitrogens with zero attached hydrogens (tertiary/aromatic N) is 4. The van der Waals surface area contributed by atoms with E-state index in [4.69, 9.17) is 0 Å². The molecule has 2 aromatic heterocycles. The first-order valence-electron chi connectivity index (χ1n) is 7.44. The summed E-state index contributed by atoms with van der Waals surface area (Å²) in [6.07, 6.45) is -1.29. The Morgan fingerprint density at radius 1 is 1.28 bits per heavy atom. The standard InChI is InChI=1S/C16H12F3N5O/c1-20-15-22-13(25)11-8-21-24-12(5-6-23(15)14(11)24)9-3-2-4-10(7-9)16(17,18)19/h2-5,7-8H,6H2,1H3,(H,20,22,25). The van der Waals surface area contributed by atoms with Crippen LogP contribution in [0.5, 0.6) is 0 Å². The Morgan fingerprint density at radius 3 is 2.80 bits per heavy atom. The van der Waals surface area contributed by atoms with Crippen LogP contribution in [0.1, 0.15) is 11.1 Å². The van der Waals surface area contributed by atoms with E-state index in [0.717, 1.165) is 12.1 Å². The van der Waals surface area contributed by atoms with Crippen molar-refractivity contribution in [2.24, 2.45) is 0 Å². The molecule has 4 rings (SSSR count). The topological polar surface area (TPSA) is 64.7 Å². The monoisotopic (exact) mass is 347 g/mol. The summed E-state index contributed by atoms with van der Waals surface area (Å²) < 4.78 is 42.2. The molecule has 0 radical (unpaired) electrons. The normalized spacial score (nSPS) is 13.8. The van der Waals surface area contributed by atoms with E-state index in [0.29, 0.717) is 34.8 Å². The van der Waals surface area contributed by atoms with Gasteiger partial charge in [0.25, 0.3) is 5.56 Å². The van der Waals surface area contributed by atoms with Crippen molar-refractivity contribution in [2.75, 3.05) is 12.4 Å². The van der Waals surface area contributed by atoms with E-state index in [1.54, 1.807) is 23.8 Å². The molecule has 1 aromatic carbocycles. The van der Waals surface area contributed by atoms with Gasteiger partial charge in [-0.3, -0.25) is 9.36 Å². The minimum absolute atomic E-state index is 0.316. The summed E-state index contributed by atoms with van der Waals surface area (Å²) in [4.78, 5) is 16.1. The van der Waals surface area contributed by atoms with E-state index in [2.05, 4.69) is 15.4 Å². The Labute approximate surface area is 139 Å². The molecule has 0 saturated heterocycles. The molecule has 128 valence electrons. The molecule has 9 heteroatoms. The number of anilines is 1. The highest BCUT2D eigenvalue weighted by molar-refractivity contribution is 5.83. The number of benzene rings is 1. The van der Waals surface area contributed by atoms with Crippen molar-refractivity contribution in [3.63, 3.8) is 0 Å². The van der Waals surface area contributed by atoms with E-state index in [1.807, 2.05) is 0 Å². The molecule has 0 fully saturated rings. The van der Waals surface area contributed by atoms with Crippen molar-refractivity contribution >= 4 is 22.7 Å². The third-order valence-corrected chi connectivity index (χ3v) is 4.10. The highest BCUT2D eigenvalue weighted by atomic mass is 19.4. The number of aromatic nitrogens is 4. The van der Waals surface area contributed by atoms with Crippen molar-refractivity contribution in [3.8, 4) is 0 Å². The van der Waals surface area contributed by atoms with Gasteiger partial charge < -0.3 is 5.32 Å². The average molecular weight is 347 g/mol. The Bertz CT molecular complexity index is 1080. The maximum atomic E-state index is 13.0. The average Bonchev–Trinajstić information content (AvgIpc) is 3.03. The zero-order chi connectivity index (χ0) is 17.8. The van der Waals surface area contributed by atoms with Gasteiger partial charge >= 0.3 is 6.18 Å². The number of nitrogens with one attached hydrogen (secondary N) is 1. The Balaban J connectivity index is 1.93. The van der Waals surface area contributed by atoms with E-state index >= 15 is 0 Å². The molecule has 0 aliphatic carbocycles. The summed E-state index contributed by atoms with van der Waals surface area (Å²) in [7, 11) is 1.64. The quantitative estimate of drug-likeness (QED) is 0.774. The van der Waals surface area contributed by atoms with Gasteiger partial charge in [-0.1, -0.05) is 12.1 Å². The Hall–Kier alpha value is -3.10. The summed E-state index contributed by atoms with van der Waals surface area (Å²) in [5.74, 6) is 0.374. The number of hydrogen-bond acceptors (Lipinski definition) is 4. The van der Waals surface area contributed by atoms with Crippen molar-refractivity contribution < 1.29 is 13.2 Å². The predicted octanol–water partition coefficient (Wildman–Crippen LogP) is 2.56. The van der Waals surface area contributed by atoms with E-state index in [-0.39, 0.29) is 0 Å². The molecule has 6 nitrogen and oxygen atoms in total. The van der Waals surface area contributed by atoms with Crippen LogP contribution in [-0.4, -0.2) is 26.4 Å². The van der Waals surface area contributed by atoms with Crippen LogP contribution < -0.4 is 10.9 Å². The summed E-state index contributed by atoms with van der Waals surface area (Å²) in [6, 6.07) is 5.04. The molecule has 0 spiro atoms. The molecule has 25 heavy (non-hydrogen) atoms. The number of allylic oxidation sites excluding steroid dienone is 1. The van der Waals surface area contributed by atoms with Gasteiger partial charge in [-0.2, -0.15) is 23.3 Å². The summed E-state index contributed by atoms with van der Waals surface area (Å²) >= 11 is 0. The van der Waals surface area contributed by atoms with E-state index in [9.17, 15) is 18.0 Å². The smallest absolute Gasteiger partial charge is 0.359 e. The van der Waals surface area contributed by atoms with Gasteiger partial charge in [-0.25, -0.2) is 4.68 Å². The number of rotatable bonds is 2. The van der Waals surface area contributed by atoms with Crippen LogP contribution >= 0.6 is 0 Å². The van der Waals surface area contributed by atoms with Crippen LogP contribution in [0.3, 0.4) is 0 Å². The van der Waals surface area contributed by atoms with Crippen LogP contribution in [0.15, 0.2) is 41.3 Å². The second-order valence-electron chi connectivity index (χ2n) is 5.56. The molecule has 0 amide bonds. The van der Waals surface area contributed by atoms with Gasteiger partial charge in [0.1, 0.15) is 5.39 Å². The lowest BCUT2D eigenvalue weighted by Gasteiger charge is -2.21. The largest absolute Gasteiger partial charge is 0.416 e. The third kappa shape index (κ3) is 2.31. The SMILES string of the molecule is CNc1nc(=O)c2cnn3c2n1CC=C3c1cccc(C(F)(F)F)c1. The van der Waals surface area contributed by atoms with Crippen molar-refractivity contribution in [2.45, 2.75) is 12.7 Å². The van der Waals surface area contributed by atoms with Crippen LogP contribution in [0.4, 0.5) is 19.1 Å². The van der Waals surface area contributed by atoms with Crippen molar-refractivity contribution in [3.05, 3.63) is 58.0 Å². The van der Waals surface area contributed by atoms with Gasteiger partial charge in [-0.05, 0) is 18.2 Å².